The molecule has 2 rings (SSSR count). The summed E-state index contributed by atoms with van der Waals surface area (Å²) in [5.41, 5.74) is 1.19. The Hall–Kier alpha value is -2.18. The zero-order valence-corrected chi connectivity index (χ0v) is 14.1. The highest BCUT2D eigenvalue weighted by Gasteiger charge is 2.01. The topological polar surface area (TPSA) is 77.8 Å². The van der Waals surface area contributed by atoms with Gasteiger partial charge in [0.15, 0.2) is 5.43 Å². The van der Waals surface area contributed by atoms with Crippen molar-refractivity contribution in [3.8, 4) is 0 Å². The molecule has 0 amide bonds. The molecule has 0 radical (unpaired) electrons. The lowest BCUT2D eigenvalue weighted by Crippen LogP contribution is -2.10. The Morgan fingerprint density at radius 1 is 1.26 bits per heavy atom. The van der Waals surface area contributed by atoms with E-state index >= 15 is 0 Å². The van der Waals surface area contributed by atoms with E-state index in [0.717, 1.165) is 12.2 Å². The van der Waals surface area contributed by atoms with Crippen LogP contribution in [0.2, 0.25) is 0 Å². The third-order valence-electron chi connectivity index (χ3n) is 2.49. The van der Waals surface area contributed by atoms with Crippen LogP contribution >= 0.6 is 0 Å². The van der Waals surface area contributed by atoms with Gasteiger partial charge in [-0.15, -0.1) is 0 Å². The van der Waals surface area contributed by atoms with Crippen molar-refractivity contribution in [3.05, 3.63) is 46.3 Å². The van der Waals surface area contributed by atoms with Crippen LogP contribution in [0, 0.1) is 0 Å². The van der Waals surface area contributed by atoms with Crippen LogP contribution < -0.4 is 10.7 Å². The summed E-state index contributed by atoms with van der Waals surface area (Å²) in [5, 5.41) is 3.37. The molecule has 0 saturated carbocycles. The van der Waals surface area contributed by atoms with E-state index in [1.54, 1.807) is 18.2 Å². The molecule has 0 fully saturated rings. The van der Waals surface area contributed by atoms with Gasteiger partial charge in [-0.3, -0.25) is 14.9 Å². The van der Waals surface area contributed by atoms with Crippen LogP contribution in [-0.4, -0.2) is 26.9 Å². The number of carbonyl (C=O) groups excluding carboxylic acids is 1. The fourth-order valence-corrected chi connectivity index (χ4v) is 1.55. The highest BCUT2D eigenvalue weighted by Crippen LogP contribution is 2.12. The minimum Gasteiger partial charge on any atom is -0.464 e. The number of carbonyl (C=O) groups is 1. The van der Waals surface area contributed by atoms with Gasteiger partial charge in [0.05, 0.1) is 18.4 Å². The van der Waals surface area contributed by atoms with Crippen molar-refractivity contribution in [1.82, 2.24) is 5.32 Å². The zero-order valence-electron chi connectivity index (χ0n) is 14.1. The molecule has 0 aliphatic heterocycles. The third-order valence-corrected chi connectivity index (χ3v) is 2.49. The smallest absolute Gasteiger partial charge is 0.293 e. The first-order valence-corrected chi connectivity index (χ1v) is 7.51. The summed E-state index contributed by atoms with van der Waals surface area (Å²) >= 11 is 0. The van der Waals surface area contributed by atoms with Crippen molar-refractivity contribution in [2.75, 3.05) is 20.4 Å². The molecule has 1 heterocycles. The molecule has 23 heavy (non-hydrogen) atoms. The molecular formula is C17H25NO5. The van der Waals surface area contributed by atoms with Gasteiger partial charge >= 0.3 is 0 Å². The van der Waals surface area contributed by atoms with E-state index in [2.05, 4.69) is 10.1 Å². The minimum atomic E-state index is -0.0842. The van der Waals surface area contributed by atoms with Crippen LogP contribution in [0.25, 0.3) is 11.0 Å². The van der Waals surface area contributed by atoms with E-state index in [9.17, 15) is 9.59 Å². The molecule has 0 saturated heterocycles. The maximum absolute atomic E-state index is 11.4. The average molecular weight is 323 g/mol. The number of hydrogen-bond donors (Lipinski definition) is 1. The highest BCUT2D eigenvalue weighted by molar-refractivity contribution is 5.76. The van der Waals surface area contributed by atoms with Gasteiger partial charge in [0.2, 0.25) is 0 Å². The lowest BCUT2D eigenvalue weighted by Gasteiger charge is -2.00. The standard InChI is InChI=1S/C11H8O4.C4H11NO.C2H6/c12-7-14-6-8-1-2-9-10(13)3-4-15-11(9)5-8;1-3-6-4-5-2;1-2/h1-5,7H,6H2;5H,3-4H2,1-2H3;1-2H3. The first kappa shape index (κ1) is 20.8. The van der Waals surface area contributed by atoms with Crippen molar-refractivity contribution >= 4 is 17.4 Å². The lowest BCUT2D eigenvalue weighted by atomic mass is 10.1. The number of fused-ring (bicyclic) bond motifs is 1. The lowest BCUT2D eigenvalue weighted by molar-refractivity contribution is -0.129. The Balaban J connectivity index is 0.000000515. The highest BCUT2D eigenvalue weighted by atomic mass is 16.5. The Morgan fingerprint density at radius 3 is 2.57 bits per heavy atom. The molecule has 1 N–H and O–H groups in total. The van der Waals surface area contributed by atoms with Gasteiger partial charge in [0.25, 0.3) is 6.47 Å². The van der Waals surface area contributed by atoms with E-state index in [0.29, 0.717) is 24.2 Å². The van der Waals surface area contributed by atoms with Gasteiger partial charge in [-0.25, -0.2) is 0 Å². The first-order chi connectivity index (χ1) is 11.2. The molecule has 0 aliphatic carbocycles. The second kappa shape index (κ2) is 13.5. The van der Waals surface area contributed by atoms with Crippen LogP contribution in [0.5, 0.6) is 0 Å². The van der Waals surface area contributed by atoms with Gasteiger partial charge in [0.1, 0.15) is 12.2 Å². The molecule has 6 nitrogen and oxygen atoms in total. The number of benzene rings is 1. The van der Waals surface area contributed by atoms with E-state index in [1.165, 1.54) is 12.3 Å². The van der Waals surface area contributed by atoms with Crippen LogP contribution in [0.1, 0.15) is 26.3 Å². The molecular weight excluding hydrogens is 298 g/mol. The Labute approximate surface area is 136 Å². The van der Waals surface area contributed by atoms with Gasteiger partial charge in [0, 0.05) is 12.7 Å². The quantitative estimate of drug-likeness (QED) is 0.500. The normalized spacial score (nSPS) is 9.22. The molecule has 0 atom stereocenters. The van der Waals surface area contributed by atoms with Gasteiger partial charge in [-0.1, -0.05) is 19.9 Å². The van der Waals surface area contributed by atoms with Crippen LogP contribution in [0.3, 0.4) is 0 Å². The minimum absolute atomic E-state index is 0.0842. The van der Waals surface area contributed by atoms with E-state index in [1.807, 2.05) is 27.8 Å². The molecule has 1 aromatic heterocycles. The summed E-state index contributed by atoms with van der Waals surface area (Å²) in [6.07, 6.45) is 1.34. The van der Waals surface area contributed by atoms with E-state index < -0.39 is 0 Å². The molecule has 128 valence electrons. The molecule has 0 spiro atoms. The number of nitrogens with one attached hydrogen (secondary N) is 1. The Bertz CT molecular complexity index is 605. The van der Waals surface area contributed by atoms with Crippen molar-refractivity contribution in [2.24, 2.45) is 0 Å². The molecule has 6 heteroatoms. The summed E-state index contributed by atoms with van der Waals surface area (Å²) in [4.78, 5) is 21.4. The van der Waals surface area contributed by atoms with Crippen LogP contribution in [-0.2, 0) is 20.9 Å². The Kier molecular flexibility index (Phi) is 12.2. The number of rotatable bonds is 6. The Morgan fingerprint density at radius 2 is 2.00 bits per heavy atom. The maximum Gasteiger partial charge on any atom is 0.293 e. The first-order valence-electron chi connectivity index (χ1n) is 7.51. The summed E-state index contributed by atoms with van der Waals surface area (Å²) in [5.74, 6) is 0. The maximum atomic E-state index is 11.4. The van der Waals surface area contributed by atoms with Crippen molar-refractivity contribution in [1.29, 1.82) is 0 Å². The summed E-state index contributed by atoms with van der Waals surface area (Å²) in [6.45, 7) is 7.98. The van der Waals surface area contributed by atoms with Crippen molar-refractivity contribution in [3.63, 3.8) is 0 Å². The third kappa shape index (κ3) is 8.13. The fraction of sp³-hybridized carbons (Fsp3) is 0.412. The second-order valence-electron chi connectivity index (χ2n) is 4.01. The predicted molar refractivity (Wildman–Crippen MR) is 90.2 cm³/mol. The zero-order chi connectivity index (χ0) is 17.5. The van der Waals surface area contributed by atoms with Crippen LogP contribution in [0.15, 0.2) is 39.7 Å². The molecule has 1 aromatic carbocycles. The van der Waals surface area contributed by atoms with Gasteiger partial charge < -0.3 is 13.9 Å². The van der Waals surface area contributed by atoms with E-state index in [4.69, 9.17) is 9.15 Å². The average Bonchev–Trinajstić information content (AvgIpc) is 2.60. The summed E-state index contributed by atoms with van der Waals surface area (Å²) in [7, 11) is 1.86. The van der Waals surface area contributed by atoms with Crippen molar-refractivity contribution in [2.45, 2.75) is 27.4 Å². The second-order valence-corrected chi connectivity index (χ2v) is 4.01. The summed E-state index contributed by atoms with van der Waals surface area (Å²) in [6, 6.07) is 6.43. The van der Waals surface area contributed by atoms with Crippen molar-refractivity contribution < 1.29 is 18.7 Å². The monoisotopic (exact) mass is 323 g/mol. The van der Waals surface area contributed by atoms with E-state index in [-0.39, 0.29) is 12.0 Å². The largest absolute Gasteiger partial charge is 0.464 e. The molecule has 2 aromatic rings. The number of hydrogen-bond acceptors (Lipinski definition) is 6. The van der Waals surface area contributed by atoms with Crippen LogP contribution in [0.4, 0.5) is 0 Å². The molecule has 0 aliphatic rings. The predicted octanol–water partition coefficient (Wildman–Crippen LogP) is 2.69. The van der Waals surface area contributed by atoms with Gasteiger partial charge in [-0.2, -0.15) is 0 Å². The molecule has 0 unspecified atom stereocenters. The SMILES string of the molecule is CC.CCOCNC.O=COCc1ccc2c(=O)ccoc2c1. The molecule has 0 bridgehead atoms. The summed E-state index contributed by atoms with van der Waals surface area (Å²) < 4.78 is 14.6. The van der Waals surface area contributed by atoms with Gasteiger partial charge in [-0.05, 0) is 31.7 Å². The number of ether oxygens (including phenoxy) is 2. The fourth-order valence-electron chi connectivity index (χ4n) is 1.55.